The molecule has 4 aromatic heterocycles. The van der Waals surface area contributed by atoms with E-state index in [1.54, 1.807) is 110 Å². The van der Waals surface area contributed by atoms with Gasteiger partial charge in [-0.25, -0.2) is 9.78 Å². The van der Waals surface area contributed by atoms with Crippen molar-refractivity contribution in [3.63, 3.8) is 0 Å². The number of anilines is 2. The second-order valence-electron chi connectivity index (χ2n) is 16.6. The fourth-order valence-corrected chi connectivity index (χ4v) is 8.44. The highest BCUT2D eigenvalue weighted by molar-refractivity contribution is 14.1. The molecule has 5 aromatic carbocycles. The van der Waals surface area contributed by atoms with Crippen LogP contribution in [0.25, 0.3) is 33.2 Å². The Bertz CT molecular complexity index is 3650. The Hall–Kier alpha value is -8.67. The Labute approximate surface area is 466 Å². The highest BCUT2D eigenvalue weighted by Crippen LogP contribution is 2.37. The van der Waals surface area contributed by atoms with Gasteiger partial charge in [0.05, 0.1) is 71.3 Å². The molecule has 0 aliphatic carbocycles. The first-order chi connectivity index (χ1) is 37.4. The van der Waals surface area contributed by atoms with Gasteiger partial charge in [-0.1, -0.05) is 83.9 Å². The summed E-state index contributed by atoms with van der Waals surface area (Å²) in [6, 6.07) is 34.8. The lowest BCUT2D eigenvalue weighted by Gasteiger charge is -2.13. The molecule has 0 saturated carbocycles. The number of carboxylic acids is 1. The van der Waals surface area contributed by atoms with E-state index in [9.17, 15) is 43.8 Å². The van der Waals surface area contributed by atoms with Crippen LogP contribution in [0.4, 0.5) is 11.4 Å². The minimum absolute atomic E-state index is 0.132. The maximum Gasteiger partial charge on any atom is 0.491 e. The predicted molar refractivity (Wildman–Crippen MR) is 297 cm³/mol. The second kappa shape index (κ2) is 26.4. The number of ketones is 3. The van der Waals surface area contributed by atoms with Crippen molar-refractivity contribution < 1.29 is 71.8 Å². The van der Waals surface area contributed by atoms with Crippen molar-refractivity contribution in [1.82, 2.24) is 4.98 Å². The van der Waals surface area contributed by atoms with E-state index in [1.807, 2.05) is 30.3 Å². The number of benzene rings is 5. The number of nitrogens with zero attached hydrogens (tertiary/aromatic N) is 1. The number of Topliss-reactive ketones (excluding diaryl/α,β-unsaturated/α-hetero) is 3. The molecule has 0 bridgehead atoms. The van der Waals surface area contributed by atoms with E-state index in [0.717, 1.165) is 37.0 Å². The van der Waals surface area contributed by atoms with Gasteiger partial charge in [0.15, 0.2) is 11.5 Å². The molecule has 6 heterocycles. The third-order valence-corrected chi connectivity index (χ3v) is 12.7. The van der Waals surface area contributed by atoms with Crippen LogP contribution in [0.1, 0.15) is 54.8 Å². The van der Waals surface area contributed by atoms with Gasteiger partial charge in [-0.05, 0) is 94.4 Å². The average Bonchev–Trinajstić information content (AvgIpc) is 4.35. The number of carbonyl (C=O) groups excluding carboxylic acids is 6. The number of hydrogen-bond donors (Lipinski definition) is 6. The van der Waals surface area contributed by atoms with E-state index >= 15 is 0 Å². The standard InChI is InChI=1S/C21H14ClNO4.C12H7NO3.C11H11ClO3.C8H4INO2.C4H5BO3/c22-14-6-4-12(5-7-14)10-17-20(24)18(21(25)26)16-3-1-2-15(19(16)23-17)13-8-9-27-11-13;14-11-9-3-1-2-8(7-4-5-16-6-7)10(9)13-12(11)15;1-8(13)15-7-11(14)6-9-2-4-10(12)5-3-9;9-5-3-1-2-4-6(5)10-8(12)7(4)11;6-5(7)4-1-2-8-3-4/h1-9,11,24H,10H2,(H,25,26);1-6H,(H,13,14,15);2-5H,6-7H2,1H3;1-3H,(H,10,11,12);1-3,6-7H. The number of ether oxygens (including phenoxy) is 1. The quantitative estimate of drug-likeness (QED) is 0.0321. The third kappa shape index (κ3) is 14.4. The number of carbonyl (C=O) groups is 7. The summed E-state index contributed by atoms with van der Waals surface area (Å²) >= 11 is 13.7. The number of amides is 2. The first-order valence-corrected chi connectivity index (χ1v) is 24.8. The number of rotatable bonds is 10. The number of halogens is 3. The van der Waals surface area contributed by atoms with Crippen molar-refractivity contribution in [2.45, 2.75) is 19.8 Å². The Kier molecular flexibility index (Phi) is 19.3. The molecule has 6 N–H and O–H groups in total. The van der Waals surface area contributed by atoms with E-state index in [1.165, 1.54) is 25.5 Å². The summed E-state index contributed by atoms with van der Waals surface area (Å²) in [6.07, 6.45) is 9.44. The van der Waals surface area contributed by atoms with E-state index < -0.39 is 42.4 Å². The summed E-state index contributed by atoms with van der Waals surface area (Å²) in [5.74, 6) is -4.15. The largest absolute Gasteiger partial charge is 0.505 e. The third-order valence-electron chi connectivity index (χ3n) is 11.3. The van der Waals surface area contributed by atoms with Gasteiger partial charge in [0.1, 0.15) is 12.2 Å². The first-order valence-electron chi connectivity index (χ1n) is 23.0. The molecule has 0 saturated heterocycles. The number of pyridine rings is 1. The van der Waals surface area contributed by atoms with Gasteiger partial charge in [0, 0.05) is 66.5 Å². The Morgan fingerprint density at radius 2 is 1.17 bits per heavy atom. The van der Waals surface area contributed by atoms with Crippen molar-refractivity contribution in [1.29, 1.82) is 0 Å². The molecular formula is C56H41BCl2IN3O15. The van der Waals surface area contributed by atoms with Crippen LogP contribution in [0, 0.1) is 3.57 Å². The van der Waals surface area contributed by atoms with Gasteiger partial charge in [0.2, 0.25) is 0 Å². The van der Waals surface area contributed by atoms with Gasteiger partial charge in [-0.3, -0.25) is 28.8 Å². The summed E-state index contributed by atoms with van der Waals surface area (Å²) in [7, 11) is -1.41. The number of furan rings is 3. The van der Waals surface area contributed by atoms with Crippen molar-refractivity contribution in [2.24, 2.45) is 0 Å². The monoisotopic (exact) mass is 1200 g/mol. The highest BCUT2D eigenvalue weighted by Gasteiger charge is 2.31. The lowest BCUT2D eigenvalue weighted by atomic mass is 9.83. The van der Waals surface area contributed by atoms with E-state index in [2.05, 4.69) is 47.4 Å². The fourth-order valence-electron chi connectivity index (χ4n) is 7.56. The topological polar surface area (TPSA) is 286 Å². The van der Waals surface area contributed by atoms with Crippen LogP contribution in [-0.4, -0.2) is 80.1 Å². The normalized spacial score (nSPS) is 11.7. The second-order valence-corrected chi connectivity index (χ2v) is 18.7. The van der Waals surface area contributed by atoms with Gasteiger partial charge in [0.25, 0.3) is 23.4 Å². The van der Waals surface area contributed by atoms with Crippen molar-refractivity contribution in [3.8, 4) is 28.0 Å². The van der Waals surface area contributed by atoms with Crippen LogP contribution < -0.4 is 16.1 Å². The van der Waals surface area contributed by atoms with E-state index in [4.69, 9.17) is 42.1 Å². The van der Waals surface area contributed by atoms with E-state index in [0.29, 0.717) is 48.9 Å². The summed E-state index contributed by atoms with van der Waals surface area (Å²) in [5.41, 5.74) is 8.00. The van der Waals surface area contributed by atoms with Gasteiger partial charge >= 0.3 is 19.1 Å². The van der Waals surface area contributed by atoms with Crippen LogP contribution in [0.2, 0.25) is 10.0 Å². The van der Waals surface area contributed by atoms with Gasteiger partial charge in [-0.2, -0.15) is 0 Å². The number of esters is 1. The number of hydrogen-bond acceptors (Lipinski definition) is 15. The maximum atomic E-state index is 11.9. The SMILES string of the molecule is CC(=O)OCC(=O)Cc1ccc(Cl)cc1.O=C(O)c1c(O)c(Cc2ccc(Cl)cc2)nc2c(-c3ccoc3)cccc12.O=C1Nc2c(I)cccc2C1=O.O=C1Nc2c(cccc2-c2ccoc2)C1=O.OB(O)c1ccoc1. The zero-order valence-electron chi connectivity index (χ0n) is 40.6. The van der Waals surface area contributed by atoms with Crippen molar-refractivity contribution in [3.05, 3.63) is 206 Å². The van der Waals surface area contributed by atoms with Gasteiger partial charge in [-0.15, -0.1) is 0 Å². The van der Waals surface area contributed by atoms with Crippen LogP contribution in [0.15, 0.2) is 172 Å². The fraction of sp³-hybridized carbons (Fsp3) is 0.0714. The van der Waals surface area contributed by atoms with Gasteiger partial charge < -0.3 is 48.9 Å². The molecule has 0 atom stereocenters. The lowest BCUT2D eigenvalue weighted by molar-refractivity contribution is -0.145. The first kappa shape index (κ1) is 57.0. The molecule has 394 valence electrons. The molecule has 2 amide bonds. The molecule has 78 heavy (non-hydrogen) atoms. The average molecular weight is 1200 g/mol. The molecule has 0 radical (unpaired) electrons. The Morgan fingerprint density at radius 3 is 1.69 bits per heavy atom. The lowest BCUT2D eigenvalue weighted by Crippen LogP contribution is -2.27. The van der Waals surface area contributed by atoms with Crippen LogP contribution in [-0.2, 0) is 36.8 Å². The summed E-state index contributed by atoms with van der Waals surface area (Å²) in [5, 5.41) is 43.8. The molecule has 0 spiro atoms. The minimum atomic E-state index is -1.41. The van der Waals surface area contributed by atoms with Crippen LogP contribution >= 0.6 is 45.8 Å². The number of para-hydroxylation sites is 3. The van der Waals surface area contributed by atoms with Crippen LogP contribution in [0.3, 0.4) is 0 Å². The molecule has 18 nitrogen and oxygen atoms in total. The smallest absolute Gasteiger partial charge is 0.491 e. The molecule has 11 rings (SSSR count). The molecule has 2 aliphatic rings. The van der Waals surface area contributed by atoms with E-state index in [-0.39, 0.29) is 42.2 Å². The number of aromatic hydroxyl groups is 1. The predicted octanol–water partition coefficient (Wildman–Crippen LogP) is 9.62. The molecule has 0 unspecified atom stereocenters. The van der Waals surface area contributed by atoms with Crippen molar-refractivity contribution >= 4 is 122 Å². The molecule has 22 heteroatoms. The Morgan fingerprint density at radius 1 is 0.654 bits per heavy atom. The highest BCUT2D eigenvalue weighted by atomic mass is 127. The molecular weight excluding hydrogens is 1160 g/mol. The molecule has 0 fully saturated rings. The number of aromatic nitrogens is 1. The summed E-state index contributed by atoms with van der Waals surface area (Å²) in [6.45, 7) is 1.10. The number of carboxylic acid groups (broad SMARTS) is 1. The minimum Gasteiger partial charge on any atom is -0.505 e. The van der Waals surface area contributed by atoms with Crippen LogP contribution in [0.5, 0.6) is 5.75 Å². The Balaban J connectivity index is 0.000000150. The molecule has 2 aliphatic heterocycles. The summed E-state index contributed by atoms with van der Waals surface area (Å²) in [4.78, 5) is 83.0. The zero-order valence-corrected chi connectivity index (χ0v) is 44.2. The summed E-state index contributed by atoms with van der Waals surface area (Å²) < 4.78 is 20.2. The van der Waals surface area contributed by atoms with Crippen molar-refractivity contribution in [2.75, 3.05) is 17.2 Å². The number of aromatic carboxylic acids is 1. The number of nitrogens with one attached hydrogen (secondary N) is 2. The maximum absolute atomic E-state index is 11.9. The number of fused-ring (bicyclic) bond motifs is 3. The molecule has 9 aromatic rings. The zero-order chi connectivity index (χ0) is 56.0.